The number of fused-ring (bicyclic) bond motifs is 1. The normalized spacial score (nSPS) is 13.5. The molecule has 2 aromatic carbocycles. The zero-order chi connectivity index (χ0) is 15.4. The first-order chi connectivity index (χ1) is 10.7. The van der Waals surface area contributed by atoms with E-state index in [-0.39, 0.29) is 6.04 Å². The van der Waals surface area contributed by atoms with Gasteiger partial charge in [0.2, 0.25) is 6.79 Å². The van der Waals surface area contributed by atoms with E-state index in [9.17, 15) is 0 Å². The van der Waals surface area contributed by atoms with E-state index >= 15 is 0 Å². The molecule has 0 amide bonds. The summed E-state index contributed by atoms with van der Waals surface area (Å²) in [5.41, 5.74) is 2.30. The standard InChI is InChI=1S/C17H18N2O2S/c1-12(14-5-3-2-4-6-14)19-17(22)18-10-13-7-8-15-16(9-13)21-11-20-15/h2-9,12H,10-11H2,1H3,(H2,18,19,22). The summed E-state index contributed by atoms with van der Waals surface area (Å²) >= 11 is 5.35. The fourth-order valence-corrected chi connectivity index (χ4v) is 2.55. The van der Waals surface area contributed by atoms with Gasteiger partial charge in [0.15, 0.2) is 16.6 Å². The van der Waals surface area contributed by atoms with Crippen molar-refractivity contribution >= 4 is 17.3 Å². The van der Waals surface area contributed by atoms with Gasteiger partial charge in [0.1, 0.15) is 0 Å². The molecule has 0 aromatic heterocycles. The van der Waals surface area contributed by atoms with E-state index in [0.717, 1.165) is 17.1 Å². The lowest BCUT2D eigenvalue weighted by Gasteiger charge is -2.17. The van der Waals surface area contributed by atoms with Crippen molar-refractivity contribution in [1.82, 2.24) is 10.6 Å². The van der Waals surface area contributed by atoms with Crippen LogP contribution in [0, 0.1) is 0 Å². The molecule has 1 aliphatic rings. The van der Waals surface area contributed by atoms with Crippen molar-refractivity contribution in [3.63, 3.8) is 0 Å². The molecule has 3 rings (SSSR count). The molecule has 4 nitrogen and oxygen atoms in total. The molecule has 0 saturated carbocycles. The van der Waals surface area contributed by atoms with Crippen LogP contribution >= 0.6 is 12.2 Å². The van der Waals surface area contributed by atoms with Crippen LogP contribution in [-0.2, 0) is 6.54 Å². The van der Waals surface area contributed by atoms with Crippen LogP contribution in [0.2, 0.25) is 0 Å². The minimum absolute atomic E-state index is 0.165. The minimum Gasteiger partial charge on any atom is -0.454 e. The molecule has 2 N–H and O–H groups in total. The molecule has 1 heterocycles. The lowest BCUT2D eigenvalue weighted by molar-refractivity contribution is 0.174. The van der Waals surface area contributed by atoms with Gasteiger partial charge < -0.3 is 20.1 Å². The van der Waals surface area contributed by atoms with Gasteiger partial charge in [-0.1, -0.05) is 36.4 Å². The van der Waals surface area contributed by atoms with Gasteiger partial charge in [-0.2, -0.15) is 0 Å². The molecule has 2 aromatic rings. The van der Waals surface area contributed by atoms with E-state index in [2.05, 4.69) is 29.7 Å². The average molecular weight is 314 g/mol. The molecule has 22 heavy (non-hydrogen) atoms. The van der Waals surface area contributed by atoms with Crippen molar-refractivity contribution in [3.8, 4) is 11.5 Å². The van der Waals surface area contributed by atoms with Gasteiger partial charge in [-0.15, -0.1) is 0 Å². The van der Waals surface area contributed by atoms with Crippen LogP contribution in [0.15, 0.2) is 48.5 Å². The molecule has 0 saturated heterocycles. The van der Waals surface area contributed by atoms with Gasteiger partial charge in [-0.25, -0.2) is 0 Å². The molecule has 1 aliphatic heterocycles. The van der Waals surface area contributed by atoms with Crippen molar-refractivity contribution in [2.45, 2.75) is 19.5 Å². The number of rotatable bonds is 4. The van der Waals surface area contributed by atoms with Crippen LogP contribution in [0.1, 0.15) is 24.1 Å². The average Bonchev–Trinajstić information content (AvgIpc) is 3.01. The van der Waals surface area contributed by atoms with Crippen LogP contribution in [0.5, 0.6) is 11.5 Å². The fraction of sp³-hybridized carbons (Fsp3) is 0.235. The van der Waals surface area contributed by atoms with E-state index < -0.39 is 0 Å². The van der Waals surface area contributed by atoms with Gasteiger partial charge in [-0.05, 0) is 42.4 Å². The first kappa shape index (κ1) is 14.7. The third-order valence-corrected chi connectivity index (χ3v) is 3.80. The summed E-state index contributed by atoms with van der Waals surface area (Å²) in [6, 6.07) is 16.3. The zero-order valence-electron chi connectivity index (χ0n) is 12.3. The molecule has 0 bridgehead atoms. The molecule has 0 fully saturated rings. The summed E-state index contributed by atoms with van der Waals surface area (Å²) in [5, 5.41) is 7.13. The van der Waals surface area contributed by atoms with Gasteiger partial charge in [0.25, 0.3) is 0 Å². The Morgan fingerprint density at radius 2 is 1.91 bits per heavy atom. The Morgan fingerprint density at radius 3 is 2.73 bits per heavy atom. The summed E-state index contributed by atoms with van der Waals surface area (Å²) < 4.78 is 10.7. The Bertz CT molecular complexity index is 661. The smallest absolute Gasteiger partial charge is 0.231 e. The Balaban J connectivity index is 1.52. The second kappa shape index (κ2) is 6.66. The molecule has 1 atom stereocenters. The third kappa shape index (κ3) is 3.49. The second-order valence-electron chi connectivity index (χ2n) is 5.15. The number of hydrogen-bond acceptors (Lipinski definition) is 3. The Kier molecular flexibility index (Phi) is 4.44. The number of ether oxygens (including phenoxy) is 2. The summed E-state index contributed by atoms with van der Waals surface area (Å²) in [5.74, 6) is 1.58. The summed E-state index contributed by atoms with van der Waals surface area (Å²) in [7, 11) is 0. The lowest BCUT2D eigenvalue weighted by Crippen LogP contribution is -2.36. The zero-order valence-corrected chi connectivity index (χ0v) is 13.2. The molecular formula is C17H18N2O2S. The van der Waals surface area contributed by atoms with Crippen molar-refractivity contribution < 1.29 is 9.47 Å². The van der Waals surface area contributed by atoms with Crippen LogP contribution in [0.25, 0.3) is 0 Å². The highest BCUT2D eigenvalue weighted by Gasteiger charge is 2.13. The van der Waals surface area contributed by atoms with E-state index in [1.165, 1.54) is 5.56 Å². The molecule has 0 radical (unpaired) electrons. The Labute approximate surface area is 135 Å². The van der Waals surface area contributed by atoms with Crippen LogP contribution in [-0.4, -0.2) is 11.9 Å². The van der Waals surface area contributed by atoms with E-state index in [1.807, 2.05) is 36.4 Å². The first-order valence-electron chi connectivity index (χ1n) is 7.20. The van der Waals surface area contributed by atoms with Crippen molar-refractivity contribution in [3.05, 3.63) is 59.7 Å². The number of nitrogens with one attached hydrogen (secondary N) is 2. The molecule has 0 spiro atoms. The third-order valence-electron chi connectivity index (χ3n) is 3.54. The first-order valence-corrected chi connectivity index (χ1v) is 7.61. The van der Waals surface area contributed by atoms with Gasteiger partial charge in [-0.3, -0.25) is 0 Å². The molecule has 114 valence electrons. The monoisotopic (exact) mass is 314 g/mol. The fourth-order valence-electron chi connectivity index (χ4n) is 2.31. The molecule has 5 heteroatoms. The predicted molar refractivity (Wildman–Crippen MR) is 90.0 cm³/mol. The highest BCUT2D eigenvalue weighted by Crippen LogP contribution is 2.32. The van der Waals surface area contributed by atoms with Gasteiger partial charge >= 0.3 is 0 Å². The van der Waals surface area contributed by atoms with Gasteiger partial charge in [0, 0.05) is 6.54 Å². The maximum Gasteiger partial charge on any atom is 0.231 e. The quantitative estimate of drug-likeness (QED) is 0.849. The Morgan fingerprint density at radius 1 is 1.14 bits per heavy atom. The minimum atomic E-state index is 0.165. The van der Waals surface area contributed by atoms with E-state index in [0.29, 0.717) is 18.5 Å². The maximum absolute atomic E-state index is 5.37. The van der Waals surface area contributed by atoms with Crippen molar-refractivity contribution in [2.24, 2.45) is 0 Å². The van der Waals surface area contributed by atoms with E-state index in [1.54, 1.807) is 0 Å². The summed E-state index contributed by atoms with van der Waals surface area (Å²) in [4.78, 5) is 0. The molecule has 0 aliphatic carbocycles. The topological polar surface area (TPSA) is 42.5 Å². The summed E-state index contributed by atoms with van der Waals surface area (Å²) in [6.45, 7) is 3.02. The molecular weight excluding hydrogens is 296 g/mol. The van der Waals surface area contributed by atoms with Gasteiger partial charge in [0.05, 0.1) is 6.04 Å². The van der Waals surface area contributed by atoms with Crippen LogP contribution in [0.3, 0.4) is 0 Å². The number of thiocarbonyl (C=S) groups is 1. The van der Waals surface area contributed by atoms with Crippen molar-refractivity contribution in [2.75, 3.05) is 6.79 Å². The Hall–Kier alpha value is -2.27. The number of hydrogen-bond donors (Lipinski definition) is 2. The SMILES string of the molecule is CC(NC(=S)NCc1ccc2c(c1)OCO2)c1ccccc1. The highest BCUT2D eigenvalue weighted by atomic mass is 32.1. The van der Waals surface area contributed by atoms with E-state index in [4.69, 9.17) is 21.7 Å². The van der Waals surface area contributed by atoms with Crippen LogP contribution in [0.4, 0.5) is 0 Å². The lowest BCUT2D eigenvalue weighted by atomic mass is 10.1. The van der Waals surface area contributed by atoms with Crippen molar-refractivity contribution in [1.29, 1.82) is 0 Å². The maximum atomic E-state index is 5.37. The molecule has 1 unspecified atom stereocenters. The largest absolute Gasteiger partial charge is 0.454 e. The second-order valence-corrected chi connectivity index (χ2v) is 5.56. The van der Waals surface area contributed by atoms with Crippen LogP contribution < -0.4 is 20.1 Å². The highest BCUT2D eigenvalue weighted by molar-refractivity contribution is 7.80. The predicted octanol–water partition coefficient (Wildman–Crippen LogP) is 3.14. The summed E-state index contributed by atoms with van der Waals surface area (Å²) in [6.07, 6.45) is 0. The number of benzene rings is 2.